The zero-order chi connectivity index (χ0) is 14.5. The second-order valence-electron chi connectivity index (χ2n) is 3.79. The Hall–Kier alpha value is -2.22. The van der Waals surface area contributed by atoms with Gasteiger partial charge in [0, 0.05) is 5.56 Å². The summed E-state index contributed by atoms with van der Waals surface area (Å²) in [7, 11) is 3.11. The highest BCUT2D eigenvalue weighted by Crippen LogP contribution is 2.32. The quantitative estimate of drug-likeness (QED) is 0.876. The molecule has 0 unspecified atom stereocenters. The molecule has 1 heterocycles. The highest BCUT2D eigenvalue weighted by Gasteiger charge is 2.14. The zero-order valence-corrected chi connectivity index (χ0v) is 10.9. The molecule has 0 saturated carbocycles. The molecule has 0 atom stereocenters. The number of benzene rings is 1. The predicted molar refractivity (Wildman–Crippen MR) is 65.7 cm³/mol. The highest BCUT2D eigenvalue weighted by atomic mass is 19.3. The lowest BCUT2D eigenvalue weighted by Gasteiger charge is -2.10. The summed E-state index contributed by atoms with van der Waals surface area (Å²) in [5, 5.41) is 6.68. The van der Waals surface area contributed by atoms with Crippen LogP contribution >= 0.6 is 0 Å². The standard InChI is InChI=1S/C12H13F2N3O3/c1-15-6-10-16-11(17-20-10)7-3-4-8(19-12(13)14)9(5-7)18-2/h3-5,12,15H,6H2,1-2H3. The Morgan fingerprint density at radius 2 is 2.15 bits per heavy atom. The van der Waals surface area contributed by atoms with Gasteiger partial charge in [-0.3, -0.25) is 0 Å². The number of alkyl halides is 2. The van der Waals surface area contributed by atoms with Crippen molar-refractivity contribution in [2.45, 2.75) is 13.2 Å². The molecule has 1 N–H and O–H groups in total. The lowest BCUT2D eigenvalue weighted by Crippen LogP contribution is -2.05. The van der Waals surface area contributed by atoms with Gasteiger partial charge in [-0.05, 0) is 25.2 Å². The van der Waals surface area contributed by atoms with E-state index in [0.29, 0.717) is 23.8 Å². The van der Waals surface area contributed by atoms with Crippen LogP contribution in [0.4, 0.5) is 8.78 Å². The van der Waals surface area contributed by atoms with Crippen molar-refractivity contribution in [2.24, 2.45) is 0 Å². The average molecular weight is 285 g/mol. The normalized spacial score (nSPS) is 10.8. The number of aromatic nitrogens is 2. The van der Waals surface area contributed by atoms with E-state index in [1.807, 2.05) is 0 Å². The maximum absolute atomic E-state index is 12.2. The molecule has 0 aliphatic carbocycles. The maximum atomic E-state index is 12.2. The molecule has 6 nitrogen and oxygen atoms in total. The smallest absolute Gasteiger partial charge is 0.387 e. The van der Waals surface area contributed by atoms with Gasteiger partial charge in [0.05, 0.1) is 13.7 Å². The lowest BCUT2D eigenvalue weighted by molar-refractivity contribution is -0.0512. The molecular weight excluding hydrogens is 272 g/mol. The van der Waals surface area contributed by atoms with Gasteiger partial charge < -0.3 is 19.3 Å². The molecule has 0 bridgehead atoms. The van der Waals surface area contributed by atoms with E-state index in [4.69, 9.17) is 9.26 Å². The zero-order valence-electron chi connectivity index (χ0n) is 10.9. The third-order valence-electron chi connectivity index (χ3n) is 2.43. The Morgan fingerprint density at radius 1 is 1.35 bits per heavy atom. The van der Waals surface area contributed by atoms with Crippen LogP contribution in [0, 0.1) is 0 Å². The van der Waals surface area contributed by atoms with Gasteiger partial charge in [0.15, 0.2) is 11.5 Å². The molecule has 2 aromatic rings. The number of methoxy groups -OCH3 is 1. The Kier molecular flexibility index (Phi) is 4.46. The van der Waals surface area contributed by atoms with Crippen LogP contribution in [0.15, 0.2) is 22.7 Å². The summed E-state index contributed by atoms with van der Waals surface area (Å²) in [6, 6.07) is 4.42. The number of rotatable bonds is 6. The van der Waals surface area contributed by atoms with Crippen LogP contribution in [0.25, 0.3) is 11.4 Å². The van der Waals surface area contributed by atoms with Crippen molar-refractivity contribution in [1.29, 1.82) is 0 Å². The minimum absolute atomic E-state index is 0.0507. The largest absolute Gasteiger partial charge is 0.493 e. The van der Waals surface area contributed by atoms with E-state index in [1.54, 1.807) is 13.1 Å². The van der Waals surface area contributed by atoms with Crippen molar-refractivity contribution >= 4 is 0 Å². The van der Waals surface area contributed by atoms with Gasteiger partial charge in [0.25, 0.3) is 0 Å². The second kappa shape index (κ2) is 6.29. The first kappa shape index (κ1) is 14.2. The SMILES string of the molecule is CNCc1nc(-c2ccc(OC(F)F)c(OC)c2)no1. The van der Waals surface area contributed by atoms with Crippen LogP contribution < -0.4 is 14.8 Å². The molecule has 8 heteroatoms. The topological polar surface area (TPSA) is 69.4 Å². The fraction of sp³-hybridized carbons (Fsp3) is 0.333. The van der Waals surface area contributed by atoms with Gasteiger partial charge in [-0.25, -0.2) is 0 Å². The number of hydrogen-bond donors (Lipinski definition) is 1. The van der Waals surface area contributed by atoms with Gasteiger partial charge in [0.2, 0.25) is 11.7 Å². The van der Waals surface area contributed by atoms with Crippen LogP contribution in [-0.4, -0.2) is 30.9 Å². The van der Waals surface area contributed by atoms with E-state index in [9.17, 15) is 8.78 Å². The van der Waals surface area contributed by atoms with Gasteiger partial charge in [0.1, 0.15) is 0 Å². The van der Waals surface area contributed by atoms with E-state index in [0.717, 1.165) is 0 Å². The van der Waals surface area contributed by atoms with Gasteiger partial charge >= 0.3 is 6.61 Å². The third kappa shape index (κ3) is 3.21. The van der Waals surface area contributed by atoms with Crippen molar-refractivity contribution in [1.82, 2.24) is 15.5 Å². The number of ether oxygens (including phenoxy) is 2. The average Bonchev–Trinajstić information content (AvgIpc) is 2.87. The van der Waals surface area contributed by atoms with Crippen LogP contribution in [-0.2, 0) is 6.54 Å². The molecule has 0 fully saturated rings. The van der Waals surface area contributed by atoms with Crippen LogP contribution in [0.2, 0.25) is 0 Å². The first-order chi connectivity index (χ1) is 9.63. The summed E-state index contributed by atoms with van der Waals surface area (Å²) in [5.74, 6) is 0.888. The van der Waals surface area contributed by atoms with Crippen LogP contribution in [0.1, 0.15) is 5.89 Å². The third-order valence-corrected chi connectivity index (χ3v) is 2.43. The number of nitrogens with zero attached hydrogens (tertiary/aromatic N) is 2. The molecule has 0 radical (unpaired) electrons. The highest BCUT2D eigenvalue weighted by molar-refractivity contribution is 5.60. The van der Waals surface area contributed by atoms with E-state index in [-0.39, 0.29) is 11.5 Å². The first-order valence-electron chi connectivity index (χ1n) is 5.74. The molecule has 0 amide bonds. The summed E-state index contributed by atoms with van der Waals surface area (Å²) < 4.78 is 38.8. The van der Waals surface area contributed by atoms with Crippen molar-refractivity contribution in [3.05, 3.63) is 24.1 Å². The number of halogens is 2. The summed E-state index contributed by atoms with van der Waals surface area (Å²) in [4.78, 5) is 4.15. The molecular formula is C12H13F2N3O3. The Bertz CT molecular complexity index is 575. The summed E-state index contributed by atoms with van der Waals surface area (Å²) in [6.07, 6.45) is 0. The van der Waals surface area contributed by atoms with Crippen molar-refractivity contribution in [2.75, 3.05) is 14.2 Å². The van der Waals surface area contributed by atoms with Crippen molar-refractivity contribution in [3.63, 3.8) is 0 Å². The minimum atomic E-state index is -2.91. The lowest BCUT2D eigenvalue weighted by atomic mass is 10.2. The monoisotopic (exact) mass is 285 g/mol. The van der Waals surface area contributed by atoms with E-state index in [2.05, 4.69) is 20.2 Å². The fourth-order valence-corrected chi connectivity index (χ4v) is 1.60. The Labute approximate surface area is 113 Å². The molecule has 2 rings (SSSR count). The Balaban J connectivity index is 2.28. The van der Waals surface area contributed by atoms with Gasteiger partial charge in [-0.15, -0.1) is 0 Å². The Morgan fingerprint density at radius 3 is 2.80 bits per heavy atom. The van der Waals surface area contributed by atoms with Gasteiger partial charge in [-0.2, -0.15) is 13.8 Å². The van der Waals surface area contributed by atoms with E-state index < -0.39 is 6.61 Å². The molecule has 0 aliphatic rings. The molecule has 20 heavy (non-hydrogen) atoms. The van der Waals surface area contributed by atoms with Crippen LogP contribution in [0.5, 0.6) is 11.5 Å². The molecule has 0 saturated heterocycles. The van der Waals surface area contributed by atoms with Crippen molar-refractivity contribution < 1.29 is 22.8 Å². The first-order valence-corrected chi connectivity index (χ1v) is 5.74. The van der Waals surface area contributed by atoms with Crippen molar-refractivity contribution in [3.8, 4) is 22.9 Å². The van der Waals surface area contributed by atoms with Crippen LogP contribution in [0.3, 0.4) is 0 Å². The maximum Gasteiger partial charge on any atom is 0.387 e. The molecule has 1 aromatic carbocycles. The van der Waals surface area contributed by atoms with E-state index in [1.165, 1.54) is 19.2 Å². The summed E-state index contributed by atoms with van der Waals surface area (Å²) in [6.45, 7) is -2.47. The molecule has 0 spiro atoms. The fourth-order valence-electron chi connectivity index (χ4n) is 1.60. The molecule has 1 aromatic heterocycles. The predicted octanol–water partition coefficient (Wildman–Crippen LogP) is 2.07. The van der Waals surface area contributed by atoms with Gasteiger partial charge in [-0.1, -0.05) is 5.16 Å². The van der Waals surface area contributed by atoms with E-state index >= 15 is 0 Å². The second-order valence-corrected chi connectivity index (χ2v) is 3.79. The number of hydrogen-bond acceptors (Lipinski definition) is 6. The summed E-state index contributed by atoms with van der Waals surface area (Å²) >= 11 is 0. The molecule has 0 aliphatic heterocycles. The summed E-state index contributed by atoms with van der Waals surface area (Å²) in [5.41, 5.74) is 0.578. The minimum Gasteiger partial charge on any atom is -0.493 e. The number of nitrogens with one attached hydrogen (secondary N) is 1. The molecule has 108 valence electrons.